The number of ether oxygens (including phenoxy) is 1. The van der Waals surface area contributed by atoms with Gasteiger partial charge in [0.05, 0.1) is 23.3 Å². The number of thiazole rings is 1. The Hall–Kier alpha value is -1.51. The van der Waals surface area contributed by atoms with Crippen molar-refractivity contribution in [3.05, 3.63) is 47.0 Å². The fraction of sp³-hybridized carbons (Fsp3) is 0.364. The highest BCUT2D eigenvalue weighted by molar-refractivity contribution is 7.98. The van der Waals surface area contributed by atoms with Gasteiger partial charge >= 0.3 is 0 Å². The Labute approximate surface area is 203 Å². The molecule has 5 nitrogen and oxygen atoms in total. The maximum atomic E-state index is 13.3. The smallest absolute Gasteiger partial charge is 0.233 e. The van der Waals surface area contributed by atoms with Crippen molar-refractivity contribution >= 4 is 68.4 Å². The number of benzene rings is 2. The molecule has 0 bridgehead atoms. The summed E-state index contributed by atoms with van der Waals surface area (Å²) in [7, 11) is 5.67. The second kappa shape index (κ2) is 11.9. The van der Waals surface area contributed by atoms with Gasteiger partial charge in [0.15, 0.2) is 5.13 Å². The molecule has 3 aromatic rings. The van der Waals surface area contributed by atoms with Crippen LogP contribution in [0.25, 0.3) is 10.2 Å². The molecule has 0 N–H and O–H groups in total. The van der Waals surface area contributed by atoms with Crippen LogP contribution in [0, 0.1) is 0 Å². The number of anilines is 1. The predicted molar refractivity (Wildman–Crippen MR) is 136 cm³/mol. The van der Waals surface area contributed by atoms with E-state index in [0.717, 1.165) is 23.2 Å². The van der Waals surface area contributed by atoms with Gasteiger partial charge < -0.3 is 9.64 Å². The van der Waals surface area contributed by atoms with E-state index in [4.69, 9.17) is 21.3 Å². The molecule has 0 saturated carbocycles. The Morgan fingerprint density at radius 3 is 2.48 bits per heavy atom. The first kappa shape index (κ1) is 25.7. The van der Waals surface area contributed by atoms with Crippen LogP contribution in [-0.4, -0.2) is 56.3 Å². The third kappa shape index (κ3) is 6.49. The van der Waals surface area contributed by atoms with Crippen LogP contribution in [0.5, 0.6) is 5.75 Å². The van der Waals surface area contributed by atoms with Gasteiger partial charge in [-0.15, -0.1) is 24.2 Å². The van der Waals surface area contributed by atoms with Gasteiger partial charge in [0.25, 0.3) is 0 Å². The summed E-state index contributed by atoms with van der Waals surface area (Å²) in [6, 6.07) is 11.7. The van der Waals surface area contributed by atoms with E-state index in [-0.39, 0.29) is 18.3 Å². The number of nitrogens with zero attached hydrogens (tertiary/aromatic N) is 3. The molecule has 2 aromatic carbocycles. The lowest BCUT2D eigenvalue weighted by molar-refractivity contribution is -0.118. The van der Waals surface area contributed by atoms with Gasteiger partial charge in [0, 0.05) is 11.4 Å². The standard InChI is InChI=1S/C22H26ClN3O2S2.ClH/c1-25(2)12-5-13-26(19(27)14-15-6-8-16(29-4)9-7-15)22-24-20-18(28-3)11-10-17(23)21(20)30-22;/h6-11H,5,12-14H2,1-4H3;1H. The van der Waals surface area contributed by atoms with Crippen LogP contribution >= 0.6 is 47.1 Å². The molecular weight excluding hydrogens is 473 g/mol. The quantitative estimate of drug-likeness (QED) is 0.357. The average molecular weight is 501 g/mol. The number of methoxy groups -OCH3 is 1. The number of halogens is 2. The molecule has 0 aliphatic heterocycles. The van der Waals surface area contributed by atoms with Gasteiger partial charge in [-0.05, 0) is 63.1 Å². The molecule has 0 unspecified atom stereocenters. The Kier molecular flexibility index (Phi) is 9.90. The Morgan fingerprint density at radius 1 is 1.16 bits per heavy atom. The summed E-state index contributed by atoms with van der Waals surface area (Å²) in [5.41, 5.74) is 1.69. The topological polar surface area (TPSA) is 45.7 Å². The van der Waals surface area contributed by atoms with E-state index in [2.05, 4.69) is 4.90 Å². The molecule has 1 aromatic heterocycles. The molecule has 3 rings (SSSR count). The molecule has 1 heterocycles. The minimum absolute atomic E-state index is 0. The lowest BCUT2D eigenvalue weighted by Gasteiger charge is -2.21. The first-order chi connectivity index (χ1) is 14.4. The molecule has 31 heavy (non-hydrogen) atoms. The van der Waals surface area contributed by atoms with Crippen LogP contribution < -0.4 is 9.64 Å². The van der Waals surface area contributed by atoms with Crippen molar-refractivity contribution in [2.24, 2.45) is 0 Å². The highest BCUT2D eigenvalue weighted by Crippen LogP contribution is 2.39. The first-order valence-electron chi connectivity index (χ1n) is 9.64. The van der Waals surface area contributed by atoms with E-state index in [1.165, 1.54) is 16.2 Å². The fourth-order valence-electron chi connectivity index (χ4n) is 3.11. The summed E-state index contributed by atoms with van der Waals surface area (Å²) in [5, 5.41) is 1.27. The SMILES string of the molecule is COc1ccc(Cl)c2sc(N(CCCN(C)C)C(=O)Cc3ccc(SC)cc3)nc12.Cl. The van der Waals surface area contributed by atoms with Crippen LogP contribution in [0.3, 0.4) is 0 Å². The normalized spacial score (nSPS) is 10.9. The van der Waals surface area contributed by atoms with Crippen molar-refractivity contribution in [1.82, 2.24) is 9.88 Å². The molecule has 0 spiro atoms. The van der Waals surface area contributed by atoms with E-state index in [1.54, 1.807) is 35.9 Å². The van der Waals surface area contributed by atoms with Crippen molar-refractivity contribution in [1.29, 1.82) is 0 Å². The van der Waals surface area contributed by atoms with E-state index >= 15 is 0 Å². The summed E-state index contributed by atoms with van der Waals surface area (Å²) in [4.78, 5) is 23.1. The minimum atomic E-state index is 0. The summed E-state index contributed by atoms with van der Waals surface area (Å²) < 4.78 is 6.27. The molecular formula is C22H27Cl2N3O2S2. The molecule has 0 aliphatic rings. The monoisotopic (exact) mass is 499 g/mol. The van der Waals surface area contributed by atoms with Gasteiger partial charge in [0.2, 0.25) is 5.91 Å². The summed E-state index contributed by atoms with van der Waals surface area (Å²) in [6.07, 6.45) is 3.22. The Bertz CT molecular complexity index is 1010. The number of carbonyl (C=O) groups is 1. The first-order valence-corrected chi connectivity index (χ1v) is 12.1. The maximum absolute atomic E-state index is 13.3. The summed E-state index contributed by atoms with van der Waals surface area (Å²) in [6.45, 7) is 1.49. The average Bonchev–Trinajstić information content (AvgIpc) is 3.17. The van der Waals surface area contributed by atoms with Gasteiger partial charge in [-0.25, -0.2) is 4.98 Å². The van der Waals surface area contributed by atoms with E-state index in [9.17, 15) is 4.79 Å². The molecule has 0 radical (unpaired) electrons. The largest absolute Gasteiger partial charge is 0.494 e. The van der Waals surface area contributed by atoms with Crippen LogP contribution in [0.1, 0.15) is 12.0 Å². The van der Waals surface area contributed by atoms with Crippen LogP contribution in [0.2, 0.25) is 5.02 Å². The van der Waals surface area contributed by atoms with Gasteiger partial charge in [0.1, 0.15) is 11.3 Å². The van der Waals surface area contributed by atoms with Crippen molar-refractivity contribution in [3.8, 4) is 5.75 Å². The number of rotatable bonds is 9. The van der Waals surface area contributed by atoms with Crippen LogP contribution in [-0.2, 0) is 11.2 Å². The molecule has 0 atom stereocenters. The number of hydrogen-bond donors (Lipinski definition) is 0. The zero-order valence-corrected chi connectivity index (χ0v) is 21.3. The third-order valence-corrected chi connectivity index (χ3v) is 6.98. The molecule has 168 valence electrons. The van der Waals surface area contributed by atoms with Gasteiger partial charge in [-0.3, -0.25) is 9.69 Å². The highest BCUT2D eigenvalue weighted by atomic mass is 35.5. The number of amides is 1. The number of aromatic nitrogens is 1. The molecule has 1 amide bonds. The van der Waals surface area contributed by atoms with Gasteiger partial charge in [-0.1, -0.05) is 35.1 Å². The molecule has 0 aliphatic carbocycles. The number of hydrogen-bond acceptors (Lipinski definition) is 6. The van der Waals surface area contributed by atoms with Crippen molar-refractivity contribution in [3.63, 3.8) is 0 Å². The lowest BCUT2D eigenvalue weighted by Crippen LogP contribution is -2.34. The van der Waals surface area contributed by atoms with E-state index in [1.807, 2.05) is 44.6 Å². The molecule has 0 fully saturated rings. The second-order valence-electron chi connectivity index (χ2n) is 7.15. The fourth-order valence-corrected chi connectivity index (χ4v) is 4.81. The third-order valence-electron chi connectivity index (χ3n) is 4.70. The highest BCUT2D eigenvalue weighted by Gasteiger charge is 2.22. The molecule has 9 heteroatoms. The summed E-state index contributed by atoms with van der Waals surface area (Å²) in [5.74, 6) is 0.685. The number of fused-ring (bicyclic) bond motifs is 1. The second-order valence-corrected chi connectivity index (χ2v) is 9.42. The summed E-state index contributed by atoms with van der Waals surface area (Å²) >= 11 is 9.51. The van der Waals surface area contributed by atoms with Crippen molar-refractivity contribution < 1.29 is 9.53 Å². The number of carbonyl (C=O) groups excluding carboxylic acids is 1. The maximum Gasteiger partial charge on any atom is 0.233 e. The Morgan fingerprint density at radius 2 is 1.87 bits per heavy atom. The van der Waals surface area contributed by atoms with Crippen LogP contribution in [0.4, 0.5) is 5.13 Å². The van der Waals surface area contributed by atoms with Crippen LogP contribution in [0.15, 0.2) is 41.3 Å². The predicted octanol–water partition coefficient (Wildman–Crippen LogP) is 5.63. The number of thioether (sulfide) groups is 1. The van der Waals surface area contributed by atoms with Crippen molar-refractivity contribution in [2.75, 3.05) is 45.5 Å². The van der Waals surface area contributed by atoms with E-state index in [0.29, 0.717) is 34.4 Å². The minimum Gasteiger partial charge on any atom is -0.494 e. The zero-order chi connectivity index (χ0) is 21.7. The molecule has 0 saturated heterocycles. The lowest BCUT2D eigenvalue weighted by atomic mass is 10.1. The Balaban J connectivity index is 0.00000341. The van der Waals surface area contributed by atoms with E-state index < -0.39 is 0 Å². The van der Waals surface area contributed by atoms with Crippen molar-refractivity contribution in [2.45, 2.75) is 17.7 Å². The van der Waals surface area contributed by atoms with Gasteiger partial charge in [-0.2, -0.15) is 0 Å². The zero-order valence-electron chi connectivity index (χ0n) is 18.1.